The molecule has 1 N–H and O–H groups in total. The molecule has 10 nitrogen and oxygen atoms in total. The third kappa shape index (κ3) is 7.57. The van der Waals surface area contributed by atoms with Gasteiger partial charge in [0.15, 0.2) is 0 Å². The van der Waals surface area contributed by atoms with Gasteiger partial charge in [0.05, 0.1) is 15.5 Å². The minimum Gasteiger partial charge on any atom is -0.354 e. The normalized spacial score (nSPS) is 12.0. The van der Waals surface area contributed by atoms with Crippen LogP contribution in [-0.4, -0.2) is 49.2 Å². The molecule has 0 spiro atoms. The molecule has 1 atom stereocenters. The van der Waals surface area contributed by atoms with E-state index in [4.69, 9.17) is 11.6 Å². The fourth-order valence-electron chi connectivity index (χ4n) is 3.83. The zero-order valence-electron chi connectivity index (χ0n) is 22.4. The molecule has 212 valence electrons. The number of nitrogens with one attached hydrogen (secondary N) is 1. The molecule has 0 radical (unpaired) electrons. The second-order valence-electron chi connectivity index (χ2n) is 9.53. The molecule has 2 amide bonds. The molecule has 40 heavy (non-hydrogen) atoms. The molecule has 0 saturated heterocycles. The summed E-state index contributed by atoms with van der Waals surface area (Å²) in [5.41, 5.74) is 0.397. The van der Waals surface area contributed by atoms with Crippen LogP contribution in [0.15, 0.2) is 83.8 Å². The Morgan fingerprint density at radius 2 is 1.55 bits per heavy atom. The van der Waals surface area contributed by atoms with Crippen LogP contribution in [0.25, 0.3) is 0 Å². The van der Waals surface area contributed by atoms with Gasteiger partial charge in [-0.1, -0.05) is 61.8 Å². The molecule has 12 heteroatoms. The number of halogens is 1. The molecule has 0 aliphatic heterocycles. The van der Waals surface area contributed by atoms with Gasteiger partial charge in [0.25, 0.3) is 15.7 Å². The maximum atomic E-state index is 13.9. The van der Waals surface area contributed by atoms with Crippen molar-refractivity contribution in [1.82, 2.24) is 10.2 Å². The molecule has 0 fully saturated rings. The summed E-state index contributed by atoms with van der Waals surface area (Å²) in [7, 11) is -4.27. The lowest BCUT2D eigenvalue weighted by Gasteiger charge is -2.32. The van der Waals surface area contributed by atoms with E-state index in [-0.39, 0.29) is 28.7 Å². The number of nitro benzene ring substituents is 1. The summed E-state index contributed by atoms with van der Waals surface area (Å²) in [5.74, 6) is -0.885. The van der Waals surface area contributed by atoms with Gasteiger partial charge in [-0.25, -0.2) is 8.42 Å². The Morgan fingerprint density at radius 1 is 0.950 bits per heavy atom. The third-order valence-corrected chi connectivity index (χ3v) is 8.27. The molecule has 0 aliphatic carbocycles. The number of benzene rings is 3. The molecular weight excluding hydrogens is 556 g/mol. The van der Waals surface area contributed by atoms with Crippen molar-refractivity contribution in [2.45, 2.75) is 38.3 Å². The van der Waals surface area contributed by atoms with E-state index in [0.29, 0.717) is 17.1 Å². The van der Waals surface area contributed by atoms with Crippen molar-refractivity contribution in [3.63, 3.8) is 0 Å². The molecular formula is C28H31ClN4O6S. The Morgan fingerprint density at radius 3 is 2.12 bits per heavy atom. The molecule has 0 saturated carbocycles. The molecule has 3 aromatic rings. The molecule has 0 heterocycles. The van der Waals surface area contributed by atoms with Crippen molar-refractivity contribution in [3.05, 3.63) is 99.6 Å². The quantitative estimate of drug-likeness (QED) is 0.243. The van der Waals surface area contributed by atoms with Crippen LogP contribution in [0.5, 0.6) is 0 Å². The first-order valence-electron chi connectivity index (χ1n) is 12.5. The summed E-state index contributed by atoms with van der Waals surface area (Å²) >= 11 is 6.35. The summed E-state index contributed by atoms with van der Waals surface area (Å²) in [5, 5.41) is 14.4. The van der Waals surface area contributed by atoms with Crippen LogP contribution in [-0.2, 0) is 26.2 Å². The molecule has 0 aliphatic rings. The second kappa shape index (κ2) is 13.4. The average molecular weight is 587 g/mol. The summed E-state index contributed by atoms with van der Waals surface area (Å²) in [4.78, 5) is 38.6. The number of non-ortho nitro benzene ring substituents is 1. The number of hydrogen-bond acceptors (Lipinski definition) is 6. The summed E-state index contributed by atoms with van der Waals surface area (Å²) in [6.45, 7) is 5.12. The lowest BCUT2D eigenvalue weighted by molar-refractivity contribution is -0.384. The topological polar surface area (TPSA) is 130 Å². The molecule has 3 rings (SSSR count). The van der Waals surface area contributed by atoms with Crippen LogP contribution >= 0.6 is 11.6 Å². The Kier molecular flexibility index (Phi) is 10.2. The maximum Gasteiger partial charge on any atom is 0.269 e. The maximum absolute atomic E-state index is 13.9. The van der Waals surface area contributed by atoms with E-state index in [2.05, 4.69) is 5.32 Å². The Labute approximate surface area is 238 Å². The predicted octanol–water partition coefficient (Wildman–Crippen LogP) is 4.63. The van der Waals surface area contributed by atoms with Gasteiger partial charge in [-0.3, -0.25) is 24.0 Å². The van der Waals surface area contributed by atoms with E-state index in [1.165, 1.54) is 29.2 Å². The highest BCUT2D eigenvalue weighted by Gasteiger charge is 2.33. The summed E-state index contributed by atoms with van der Waals surface area (Å²) in [6.07, 6.45) is 0. The number of anilines is 1. The Hall–Kier alpha value is -3.96. The highest BCUT2D eigenvalue weighted by atomic mass is 35.5. The smallest absolute Gasteiger partial charge is 0.269 e. The van der Waals surface area contributed by atoms with Crippen LogP contribution in [0.4, 0.5) is 11.4 Å². The van der Waals surface area contributed by atoms with E-state index in [0.717, 1.165) is 16.4 Å². The number of rotatable bonds is 12. The summed E-state index contributed by atoms with van der Waals surface area (Å²) in [6, 6.07) is 18.3. The number of hydrogen-bond donors (Lipinski definition) is 1. The predicted molar refractivity (Wildman–Crippen MR) is 153 cm³/mol. The van der Waals surface area contributed by atoms with Crippen molar-refractivity contribution < 1.29 is 22.9 Å². The number of sulfonamides is 1. The van der Waals surface area contributed by atoms with E-state index >= 15 is 0 Å². The first-order valence-corrected chi connectivity index (χ1v) is 14.4. The van der Waals surface area contributed by atoms with Crippen molar-refractivity contribution >= 4 is 44.8 Å². The Balaban J connectivity index is 2.03. The van der Waals surface area contributed by atoms with Crippen LogP contribution in [0.2, 0.25) is 5.02 Å². The number of carbonyl (C=O) groups excluding carboxylic acids is 2. The van der Waals surface area contributed by atoms with Crippen molar-refractivity contribution in [3.8, 4) is 0 Å². The fourth-order valence-corrected chi connectivity index (χ4v) is 5.46. The Bertz CT molecular complexity index is 1450. The molecule has 0 aromatic heterocycles. The van der Waals surface area contributed by atoms with Crippen molar-refractivity contribution in [2.24, 2.45) is 5.92 Å². The number of carbonyl (C=O) groups is 2. The van der Waals surface area contributed by atoms with Gasteiger partial charge >= 0.3 is 0 Å². The summed E-state index contributed by atoms with van der Waals surface area (Å²) < 4.78 is 28.3. The lowest BCUT2D eigenvalue weighted by atomic mass is 10.1. The second-order valence-corrected chi connectivity index (χ2v) is 11.8. The van der Waals surface area contributed by atoms with Crippen LogP contribution in [0, 0.1) is 16.0 Å². The first kappa shape index (κ1) is 30.6. The van der Waals surface area contributed by atoms with E-state index in [9.17, 15) is 28.1 Å². The third-order valence-electron chi connectivity index (χ3n) is 6.11. The fraction of sp³-hybridized carbons (Fsp3) is 0.286. The van der Waals surface area contributed by atoms with E-state index < -0.39 is 39.3 Å². The van der Waals surface area contributed by atoms with Gasteiger partial charge in [0.2, 0.25) is 11.8 Å². The number of nitro groups is 1. The van der Waals surface area contributed by atoms with E-state index in [1.54, 1.807) is 49.4 Å². The van der Waals surface area contributed by atoms with Gasteiger partial charge in [0, 0.05) is 30.2 Å². The molecule has 0 unspecified atom stereocenters. The zero-order chi connectivity index (χ0) is 29.4. The van der Waals surface area contributed by atoms with Crippen LogP contribution in [0.1, 0.15) is 26.3 Å². The minimum absolute atomic E-state index is 0.0474. The van der Waals surface area contributed by atoms with Crippen LogP contribution in [0.3, 0.4) is 0 Å². The highest BCUT2D eigenvalue weighted by molar-refractivity contribution is 7.92. The standard InChI is InChI=1S/C28H31ClN4O6S/c1-20(2)17-30-28(35)21(3)31(18-22-9-7-8-12-26(22)29)27(34)19-32(23-13-15-24(16-14-23)33(36)37)40(38,39)25-10-5-4-6-11-25/h4-16,20-21H,17-19H2,1-3H3,(H,30,35)/t21-/m1/s1. The van der Waals surface area contributed by atoms with E-state index in [1.807, 2.05) is 13.8 Å². The number of nitrogens with zero attached hydrogens (tertiary/aromatic N) is 3. The zero-order valence-corrected chi connectivity index (χ0v) is 23.9. The largest absolute Gasteiger partial charge is 0.354 e. The first-order chi connectivity index (χ1) is 18.9. The minimum atomic E-state index is -4.27. The highest BCUT2D eigenvalue weighted by Crippen LogP contribution is 2.27. The average Bonchev–Trinajstić information content (AvgIpc) is 2.94. The molecule has 0 bridgehead atoms. The van der Waals surface area contributed by atoms with Gasteiger partial charge in [0.1, 0.15) is 12.6 Å². The monoisotopic (exact) mass is 586 g/mol. The van der Waals surface area contributed by atoms with Gasteiger partial charge in [-0.2, -0.15) is 0 Å². The van der Waals surface area contributed by atoms with Gasteiger partial charge in [-0.05, 0) is 48.7 Å². The lowest BCUT2D eigenvalue weighted by Crippen LogP contribution is -2.51. The number of amides is 2. The SMILES string of the molecule is CC(C)CNC(=O)[C@@H](C)N(Cc1ccccc1Cl)C(=O)CN(c1ccc([N+](=O)[O-])cc1)S(=O)(=O)c1ccccc1. The van der Waals surface area contributed by atoms with Crippen molar-refractivity contribution in [1.29, 1.82) is 0 Å². The van der Waals surface area contributed by atoms with Crippen molar-refractivity contribution in [2.75, 3.05) is 17.4 Å². The van der Waals surface area contributed by atoms with Crippen LogP contribution < -0.4 is 9.62 Å². The van der Waals surface area contributed by atoms with Gasteiger partial charge in [-0.15, -0.1) is 0 Å². The molecule has 3 aromatic carbocycles. The van der Waals surface area contributed by atoms with Gasteiger partial charge < -0.3 is 10.2 Å².